The standard InChI is InChI=1S/C15H16O2/c1-11-5-2-3-6-12(11)9-13-7-4-8-14(10-16)15(13)17/h2-8,16-17H,9-10H2,1H3/i1D3,2D,3D,5D,6D. The van der Waals surface area contributed by atoms with Gasteiger partial charge in [0.15, 0.2) is 0 Å². The number of aliphatic hydroxyl groups excluding tert-OH is 1. The van der Waals surface area contributed by atoms with E-state index >= 15 is 0 Å². The molecule has 0 atom stereocenters. The molecule has 0 saturated heterocycles. The molecule has 2 rings (SSSR count). The number of phenols is 1. The van der Waals surface area contributed by atoms with Crippen LogP contribution in [0.25, 0.3) is 0 Å². The number of hydrogen-bond donors (Lipinski definition) is 2. The molecule has 2 heteroatoms. The second-order valence-electron chi connectivity index (χ2n) is 3.61. The maximum Gasteiger partial charge on any atom is 0.124 e. The summed E-state index contributed by atoms with van der Waals surface area (Å²) in [4.78, 5) is 0. The lowest BCUT2D eigenvalue weighted by molar-refractivity contribution is 0.275. The summed E-state index contributed by atoms with van der Waals surface area (Å²) < 4.78 is 54.1. The Balaban J connectivity index is 2.71. The van der Waals surface area contributed by atoms with Gasteiger partial charge in [-0.2, -0.15) is 0 Å². The van der Waals surface area contributed by atoms with Gasteiger partial charge in [0.1, 0.15) is 5.75 Å². The van der Waals surface area contributed by atoms with E-state index in [1.807, 2.05) is 0 Å². The Morgan fingerprint density at radius 2 is 1.94 bits per heavy atom. The summed E-state index contributed by atoms with van der Waals surface area (Å²) in [5, 5.41) is 19.3. The molecule has 0 radical (unpaired) electrons. The summed E-state index contributed by atoms with van der Waals surface area (Å²) in [5.74, 6) is -0.219. The van der Waals surface area contributed by atoms with Crippen LogP contribution in [0.1, 0.15) is 31.8 Å². The third kappa shape index (κ3) is 2.48. The molecule has 0 heterocycles. The second kappa shape index (κ2) is 5.02. The molecule has 0 aromatic heterocycles. The molecule has 2 nitrogen and oxygen atoms in total. The van der Waals surface area contributed by atoms with E-state index in [1.54, 1.807) is 6.07 Å². The monoisotopic (exact) mass is 235 g/mol. The van der Waals surface area contributed by atoms with Gasteiger partial charge < -0.3 is 10.2 Å². The maximum atomic E-state index is 10.1. The van der Waals surface area contributed by atoms with Crippen LogP contribution in [0.15, 0.2) is 42.4 Å². The molecule has 0 unspecified atom stereocenters. The summed E-state index contributed by atoms with van der Waals surface area (Å²) >= 11 is 0. The highest BCUT2D eigenvalue weighted by Gasteiger charge is 2.07. The first-order valence-corrected chi connectivity index (χ1v) is 5.09. The molecule has 88 valence electrons. The van der Waals surface area contributed by atoms with Crippen molar-refractivity contribution in [3.63, 3.8) is 0 Å². The highest BCUT2D eigenvalue weighted by atomic mass is 16.3. The Hall–Kier alpha value is -1.80. The summed E-state index contributed by atoms with van der Waals surface area (Å²) in [6.45, 7) is -3.13. The van der Waals surface area contributed by atoms with Crippen LogP contribution in [-0.2, 0) is 13.0 Å². The molecule has 0 spiro atoms. The van der Waals surface area contributed by atoms with Crippen LogP contribution in [0, 0.1) is 6.85 Å². The van der Waals surface area contributed by atoms with Crippen LogP contribution in [-0.4, -0.2) is 10.2 Å². The van der Waals surface area contributed by atoms with Gasteiger partial charge in [0.05, 0.1) is 12.1 Å². The van der Waals surface area contributed by atoms with Crippen molar-refractivity contribution >= 4 is 0 Å². The number of hydrogen-bond acceptors (Lipinski definition) is 2. The fourth-order valence-corrected chi connectivity index (χ4v) is 1.58. The predicted octanol–water partition coefficient (Wildman–Crippen LogP) is 2.78. The predicted molar refractivity (Wildman–Crippen MR) is 68.0 cm³/mol. The zero-order valence-electron chi connectivity index (χ0n) is 16.0. The molecule has 0 amide bonds. The molecule has 0 saturated carbocycles. The Labute approximate surface area is 111 Å². The van der Waals surface area contributed by atoms with E-state index in [4.69, 9.17) is 9.60 Å². The van der Waals surface area contributed by atoms with Crippen molar-refractivity contribution in [3.05, 3.63) is 64.6 Å². The van der Waals surface area contributed by atoms with Gasteiger partial charge >= 0.3 is 0 Å². The van der Waals surface area contributed by atoms with E-state index in [1.165, 1.54) is 12.1 Å². The van der Waals surface area contributed by atoms with Crippen molar-refractivity contribution in [1.29, 1.82) is 0 Å². The molecule has 2 aromatic rings. The average Bonchev–Trinajstić information content (AvgIpc) is 2.51. The van der Waals surface area contributed by atoms with Crippen LogP contribution >= 0.6 is 0 Å². The molecule has 0 aliphatic carbocycles. The summed E-state index contributed by atoms with van der Waals surface area (Å²) in [7, 11) is 0. The van der Waals surface area contributed by atoms with Gasteiger partial charge in [-0.05, 0) is 23.5 Å². The van der Waals surface area contributed by atoms with Gasteiger partial charge in [-0.3, -0.25) is 0 Å². The summed E-state index contributed by atoms with van der Waals surface area (Å²) in [5.41, 5.74) is -0.0189. The molecule has 0 aliphatic rings. The highest BCUT2D eigenvalue weighted by molar-refractivity contribution is 5.43. The maximum absolute atomic E-state index is 10.1. The van der Waals surface area contributed by atoms with Gasteiger partial charge in [0.25, 0.3) is 0 Å². The molecule has 0 bridgehead atoms. The lowest BCUT2D eigenvalue weighted by Crippen LogP contribution is -1.94. The number of benzene rings is 2. The SMILES string of the molecule is [2H]c1c([2H])c([2H])c(C([2H])([2H])[2H])c(Cc2cccc(CO)c2O)c1[2H]. The number of aromatic hydroxyl groups is 1. The fraction of sp³-hybridized carbons (Fsp3) is 0.200. The van der Waals surface area contributed by atoms with Gasteiger partial charge in [-0.25, -0.2) is 0 Å². The van der Waals surface area contributed by atoms with Crippen LogP contribution in [0.3, 0.4) is 0 Å². The van der Waals surface area contributed by atoms with E-state index in [9.17, 15) is 10.2 Å². The van der Waals surface area contributed by atoms with E-state index in [0.29, 0.717) is 0 Å². The first-order valence-electron chi connectivity index (χ1n) is 8.59. The Kier molecular flexibility index (Phi) is 1.68. The molecule has 2 N–H and O–H groups in total. The quantitative estimate of drug-likeness (QED) is 0.858. The van der Waals surface area contributed by atoms with Crippen molar-refractivity contribution in [3.8, 4) is 5.75 Å². The Morgan fingerprint density at radius 3 is 2.71 bits per heavy atom. The van der Waals surface area contributed by atoms with Gasteiger partial charge in [-0.1, -0.05) is 42.4 Å². The molecular weight excluding hydrogens is 212 g/mol. The van der Waals surface area contributed by atoms with Crippen molar-refractivity contribution in [1.82, 2.24) is 0 Å². The molecule has 17 heavy (non-hydrogen) atoms. The zero-order valence-corrected chi connectivity index (χ0v) is 9.04. The summed E-state index contributed by atoms with van der Waals surface area (Å²) in [6.07, 6.45) is -0.190. The fourth-order valence-electron chi connectivity index (χ4n) is 1.58. The minimum atomic E-state index is -2.73. The minimum Gasteiger partial charge on any atom is -0.507 e. The van der Waals surface area contributed by atoms with Gasteiger partial charge in [0.2, 0.25) is 0 Å². The van der Waals surface area contributed by atoms with E-state index in [0.717, 1.165) is 0 Å². The van der Waals surface area contributed by atoms with E-state index in [2.05, 4.69) is 0 Å². The highest BCUT2D eigenvalue weighted by Crippen LogP contribution is 2.25. The largest absolute Gasteiger partial charge is 0.507 e. The van der Waals surface area contributed by atoms with Crippen molar-refractivity contribution in [2.45, 2.75) is 19.9 Å². The lowest BCUT2D eigenvalue weighted by Gasteiger charge is -2.10. The molecule has 0 aliphatic heterocycles. The molecular formula is C15H16O2. The smallest absolute Gasteiger partial charge is 0.124 e. The van der Waals surface area contributed by atoms with E-state index < -0.39 is 43.2 Å². The Morgan fingerprint density at radius 1 is 1.18 bits per heavy atom. The van der Waals surface area contributed by atoms with Gasteiger partial charge in [0, 0.05) is 16.1 Å². The van der Waals surface area contributed by atoms with Crippen molar-refractivity contribution in [2.24, 2.45) is 0 Å². The Bertz CT molecular complexity index is 785. The third-order valence-electron chi connectivity index (χ3n) is 2.51. The normalized spacial score (nSPS) is 17.1. The van der Waals surface area contributed by atoms with Crippen LogP contribution in [0.5, 0.6) is 5.75 Å². The van der Waals surface area contributed by atoms with Crippen molar-refractivity contribution in [2.75, 3.05) is 0 Å². The first kappa shape index (κ1) is 5.69. The number of para-hydroxylation sites is 1. The topological polar surface area (TPSA) is 40.5 Å². The van der Waals surface area contributed by atoms with Gasteiger partial charge in [-0.15, -0.1) is 0 Å². The second-order valence-corrected chi connectivity index (χ2v) is 3.61. The van der Waals surface area contributed by atoms with Crippen LogP contribution in [0.4, 0.5) is 0 Å². The first-order chi connectivity index (χ1) is 11.1. The molecule has 0 fully saturated rings. The lowest BCUT2D eigenvalue weighted by atomic mass is 9.98. The van der Waals surface area contributed by atoms with Crippen LogP contribution < -0.4 is 0 Å². The van der Waals surface area contributed by atoms with E-state index in [-0.39, 0.29) is 28.9 Å². The molecule has 2 aromatic carbocycles. The summed E-state index contributed by atoms with van der Waals surface area (Å²) in [6, 6.07) is 2.40. The number of aliphatic hydroxyl groups is 1. The average molecular weight is 235 g/mol. The zero-order chi connectivity index (χ0) is 18.2. The van der Waals surface area contributed by atoms with Crippen molar-refractivity contribution < 1.29 is 19.8 Å². The third-order valence-corrected chi connectivity index (χ3v) is 2.51. The van der Waals surface area contributed by atoms with Crippen LogP contribution in [0.2, 0.25) is 0 Å². The minimum absolute atomic E-state index is 0.0913. The number of rotatable bonds is 3.